The van der Waals surface area contributed by atoms with Gasteiger partial charge in [-0.05, 0) is 12.0 Å². The lowest BCUT2D eigenvalue weighted by Crippen LogP contribution is -2.04. The maximum Gasteiger partial charge on any atom is 0.292 e. The molecule has 0 unspecified atom stereocenters. The highest BCUT2D eigenvalue weighted by atomic mass is 16.4. The van der Waals surface area contributed by atoms with Gasteiger partial charge in [-0.1, -0.05) is 13.8 Å². The Hall–Kier alpha value is -1.78. The summed E-state index contributed by atoms with van der Waals surface area (Å²) in [5.41, 5.74) is 6.15. The number of oxazole rings is 1. The lowest BCUT2D eigenvalue weighted by atomic mass is 10.2. The van der Waals surface area contributed by atoms with Gasteiger partial charge in [0.2, 0.25) is 0 Å². The molecule has 0 aliphatic carbocycles. The monoisotopic (exact) mass is 206 g/mol. The van der Waals surface area contributed by atoms with Crippen LogP contribution in [-0.2, 0) is 6.54 Å². The molecule has 2 aromatic heterocycles. The average molecular weight is 206 g/mol. The topological polar surface area (TPSA) is 69.9 Å². The molecule has 0 aromatic carbocycles. The van der Waals surface area contributed by atoms with Gasteiger partial charge in [-0.25, -0.2) is 4.98 Å². The van der Waals surface area contributed by atoms with E-state index in [0.717, 1.165) is 12.2 Å². The molecule has 0 spiro atoms. The van der Waals surface area contributed by atoms with Crippen molar-refractivity contribution >= 4 is 6.01 Å². The Morgan fingerprint density at radius 1 is 1.53 bits per heavy atom. The Morgan fingerprint density at radius 3 is 2.93 bits per heavy atom. The number of nitrogens with two attached hydrogens (primary N) is 1. The first kappa shape index (κ1) is 9.76. The molecule has 0 fully saturated rings. The molecule has 0 amide bonds. The van der Waals surface area contributed by atoms with E-state index in [2.05, 4.69) is 23.9 Å². The quantitative estimate of drug-likeness (QED) is 0.830. The molecule has 2 heterocycles. The molecule has 5 heteroatoms. The number of anilines is 1. The van der Waals surface area contributed by atoms with E-state index in [1.54, 1.807) is 6.20 Å². The molecular weight excluding hydrogens is 192 g/mol. The normalized spacial score (nSPS) is 11.1. The molecule has 5 nitrogen and oxygen atoms in total. The van der Waals surface area contributed by atoms with Crippen LogP contribution in [-0.4, -0.2) is 14.8 Å². The highest BCUT2D eigenvalue weighted by Gasteiger charge is 2.07. The van der Waals surface area contributed by atoms with Crippen molar-refractivity contribution in [2.45, 2.75) is 20.4 Å². The third kappa shape index (κ3) is 2.18. The van der Waals surface area contributed by atoms with Crippen molar-refractivity contribution in [3.8, 4) is 11.5 Å². The first-order valence-electron chi connectivity index (χ1n) is 4.90. The minimum Gasteiger partial charge on any atom is -0.422 e. The Labute approximate surface area is 87.9 Å². The van der Waals surface area contributed by atoms with Crippen molar-refractivity contribution in [3.05, 3.63) is 18.5 Å². The summed E-state index contributed by atoms with van der Waals surface area (Å²) in [6, 6.07) is 2.06. The Kier molecular flexibility index (Phi) is 2.45. The van der Waals surface area contributed by atoms with Crippen LogP contribution in [0.15, 0.2) is 22.9 Å². The van der Waals surface area contributed by atoms with Crippen LogP contribution in [0.2, 0.25) is 0 Å². The molecule has 80 valence electrons. The van der Waals surface area contributed by atoms with Crippen LogP contribution >= 0.6 is 0 Å². The number of aromatic nitrogens is 3. The zero-order valence-corrected chi connectivity index (χ0v) is 8.84. The third-order valence-corrected chi connectivity index (χ3v) is 1.97. The third-order valence-electron chi connectivity index (χ3n) is 1.97. The minimum absolute atomic E-state index is 0.170. The molecule has 0 bridgehead atoms. The molecular formula is C10H14N4O. The number of rotatable bonds is 3. The van der Waals surface area contributed by atoms with Crippen molar-refractivity contribution in [1.29, 1.82) is 0 Å². The van der Waals surface area contributed by atoms with E-state index in [1.807, 2.05) is 16.9 Å². The van der Waals surface area contributed by atoms with Gasteiger partial charge in [-0.2, -0.15) is 5.10 Å². The lowest BCUT2D eigenvalue weighted by molar-refractivity contribution is 0.482. The molecule has 0 aliphatic heterocycles. The van der Waals surface area contributed by atoms with Gasteiger partial charge in [0.1, 0.15) is 5.69 Å². The second-order valence-electron chi connectivity index (χ2n) is 3.88. The zero-order chi connectivity index (χ0) is 10.8. The summed E-state index contributed by atoms with van der Waals surface area (Å²) in [5, 5.41) is 4.36. The molecule has 0 aliphatic rings. The van der Waals surface area contributed by atoms with Crippen molar-refractivity contribution in [2.75, 3.05) is 5.73 Å². The molecule has 15 heavy (non-hydrogen) atoms. The molecule has 2 rings (SSSR count). The first-order valence-corrected chi connectivity index (χ1v) is 4.90. The van der Waals surface area contributed by atoms with Crippen molar-refractivity contribution in [2.24, 2.45) is 5.92 Å². The summed E-state index contributed by atoms with van der Waals surface area (Å²) >= 11 is 0. The van der Waals surface area contributed by atoms with Crippen LogP contribution in [0, 0.1) is 5.92 Å². The Morgan fingerprint density at radius 2 is 2.33 bits per heavy atom. The number of nitrogen functional groups attached to an aromatic ring is 1. The van der Waals surface area contributed by atoms with Gasteiger partial charge in [0.05, 0.1) is 6.20 Å². The SMILES string of the molecule is CC(C)Cn1ccc(-c2cnc(N)o2)n1. The molecule has 2 N–H and O–H groups in total. The van der Waals surface area contributed by atoms with Gasteiger partial charge in [0.25, 0.3) is 6.01 Å². The molecule has 0 saturated heterocycles. The van der Waals surface area contributed by atoms with Gasteiger partial charge in [0.15, 0.2) is 5.76 Å². The standard InChI is InChI=1S/C10H14N4O/c1-7(2)6-14-4-3-8(13-14)9-5-12-10(11)15-9/h3-5,7H,6H2,1-2H3,(H2,11,12). The first-order chi connectivity index (χ1) is 7.15. The second-order valence-corrected chi connectivity index (χ2v) is 3.88. The summed E-state index contributed by atoms with van der Waals surface area (Å²) < 4.78 is 7.07. The molecule has 0 saturated carbocycles. The van der Waals surface area contributed by atoms with E-state index in [9.17, 15) is 0 Å². The second kappa shape index (κ2) is 3.76. The predicted octanol–water partition coefficient (Wildman–Crippen LogP) is 1.78. The largest absolute Gasteiger partial charge is 0.422 e. The predicted molar refractivity (Wildman–Crippen MR) is 57.0 cm³/mol. The highest BCUT2D eigenvalue weighted by molar-refractivity contribution is 5.50. The summed E-state index contributed by atoms with van der Waals surface area (Å²) in [5.74, 6) is 1.17. The molecule has 0 atom stereocenters. The highest BCUT2D eigenvalue weighted by Crippen LogP contribution is 2.18. The van der Waals surface area contributed by atoms with E-state index >= 15 is 0 Å². The fourth-order valence-corrected chi connectivity index (χ4v) is 1.37. The van der Waals surface area contributed by atoms with Crippen LogP contribution in [0.4, 0.5) is 6.01 Å². The summed E-state index contributed by atoms with van der Waals surface area (Å²) in [7, 11) is 0. The van der Waals surface area contributed by atoms with Crippen LogP contribution in [0.1, 0.15) is 13.8 Å². The summed E-state index contributed by atoms with van der Waals surface area (Å²) in [4.78, 5) is 3.83. The van der Waals surface area contributed by atoms with E-state index < -0.39 is 0 Å². The zero-order valence-electron chi connectivity index (χ0n) is 8.84. The summed E-state index contributed by atoms with van der Waals surface area (Å²) in [6.45, 7) is 5.19. The number of hydrogen-bond acceptors (Lipinski definition) is 4. The van der Waals surface area contributed by atoms with Gasteiger partial charge < -0.3 is 10.2 Å². The van der Waals surface area contributed by atoms with E-state index in [4.69, 9.17) is 10.2 Å². The van der Waals surface area contributed by atoms with Crippen LogP contribution in [0.5, 0.6) is 0 Å². The number of nitrogens with zero attached hydrogens (tertiary/aromatic N) is 3. The van der Waals surface area contributed by atoms with Crippen LogP contribution in [0.25, 0.3) is 11.5 Å². The van der Waals surface area contributed by atoms with Gasteiger partial charge in [-0.15, -0.1) is 0 Å². The lowest BCUT2D eigenvalue weighted by Gasteiger charge is -2.03. The fraction of sp³-hybridized carbons (Fsp3) is 0.400. The van der Waals surface area contributed by atoms with Crippen molar-refractivity contribution < 1.29 is 4.42 Å². The molecule has 0 radical (unpaired) electrons. The Bertz CT molecular complexity index is 444. The van der Waals surface area contributed by atoms with E-state index in [1.165, 1.54) is 0 Å². The van der Waals surface area contributed by atoms with E-state index in [-0.39, 0.29) is 6.01 Å². The van der Waals surface area contributed by atoms with Gasteiger partial charge in [-0.3, -0.25) is 4.68 Å². The minimum atomic E-state index is 0.170. The molecule has 2 aromatic rings. The van der Waals surface area contributed by atoms with Gasteiger partial charge in [0, 0.05) is 12.7 Å². The van der Waals surface area contributed by atoms with Crippen molar-refractivity contribution in [3.63, 3.8) is 0 Å². The van der Waals surface area contributed by atoms with Crippen LogP contribution < -0.4 is 5.73 Å². The number of hydrogen-bond donors (Lipinski definition) is 1. The van der Waals surface area contributed by atoms with E-state index in [0.29, 0.717) is 11.7 Å². The van der Waals surface area contributed by atoms with Gasteiger partial charge >= 0.3 is 0 Å². The summed E-state index contributed by atoms with van der Waals surface area (Å²) in [6.07, 6.45) is 3.51. The average Bonchev–Trinajstić information content (AvgIpc) is 2.72. The maximum atomic E-state index is 5.39. The van der Waals surface area contributed by atoms with Crippen LogP contribution in [0.3, 0.4) is 0 Å². The smallest absolute Gasteiger partial charge is 0.292 e. The fourth-order valence-electron chi connectivity index (χ4n) is 1.37. The van der Waals surface area contributed by atoms with Crippen molar-refractivity contribution in [1.82, 2.24) is 14.8 Å². The Balaban J connectivity index is 2.20. The maximum absolute atomic E-state index is 5.39.